The van der Waals surface area contributed by atoms with Gasteiger partial charge >= 0.3 is 17.1 Å². The predicted octanol–water partition coefficient (Wildman–Crippen LogP) is 3.27. The van der Waals surface area contributed by atoms with E-state index in [1.807, 2.05) is 36.4 Å². The summed E-state index contributed by atoms with van der Waals surface area (Å²) < 4.78 is 0. The summed E-state index contributed by atoms with van der Waals surface area (Å²) in [6, 6.07) is 14.7. The molecule has 0 bridgehead atoms. The van der Waals surface area contributed by atoms with E-state index in [4.69, 9.17) is 11.6 Å². The van der Waals surface area contributed by atoms with Gasteiger partial charge in [-0.15, -0.1) is 0 Å². The molecule has 0 heterocycles. The molecule has 0 aliphatic heterocycles. The summed E-state index contributed by atoms with van der Waals surface area (Å²) in [5.41, 5.74) is 0.750. The normalized spacial score (nSPS) is 8.07. The van der Waals surface area contributed by atoms with Gasteiger partial charge < -0.3 is 4.79 Å². The van der Waals surface area contributed by atoms with E-state index in [1.165, 1.54) is 0 Å². The summed E-state index contributed by atoms with van der Waals surface area (Å²) in [4.78, 5) is 9.87. The number of hydrogen-bond acceptors (Lipinski definition) is 1. The Balaban J connectivity index is 0.000000227. The number of carbonyl (C=O) groups excluding carboxylic acids is 1. The maximum absolute atomic E-state index is 9.87. The summed E-state index contributed by atoms with van der Waals surface area (Å²) >= 11 is 5.46. The molecule has 2 aromatic carbocycles. The average Bonchev–Trinajstić information content (AvgIpc) is 2.76. The number of hydrogen-bond donors (Lipinski definition) is 0. The zero-order valence-corrected chi connectivity index (χ0v) is 9.20. The smallest absolute Gasteiger partial charge is 0.312 e. The van der Waals surface area contributed by atoms with Crippen LogP contribution >= 0.6 is 11.6 Å². The third-order valence-corrected chi connectivity index (χ3v) is 1.70. The molecule has 0 spiro atoms. The van der Waals surface area contributed by atoms with Gasteiger partial charge in [-0.1, -0.05) is 10.6 Å². The van der Waals surface area contributed by atoms with Gasteiger partial charge in [0.2, 0.25) is 0 Å². The molecule has 0 atom stereocenters. The Labute approximate surface area is 98.9 Å². The van der Waals surface area contributed by atoms with E-state index in [0.29, 0.717) is 0 Å². The van der Waals surface area contributed by atoms with Gasteiger partial charge in [0.1, 0.15) is 0 Å². The van der Waals surface area contributed by atoms with E-state index < -0.39 is 0 Å². The van der Waals surface area contributed by atoms with Crippen LogP contribution in [0.4, 0.5) is 0 Å². The van der Waals surface area contributed by atoms with Gasteiger partial charge in [-0.05, 0) is 0 Å². The van der Waals surface area contributed by atoms with Crippen molar-refractivity contribution in [3.05, 3.63) is 59.1 Å². The van der Waals surface area contributed by atoms with Crippen LogP contribution in [0.5, 0.6) is 0 Å². The van der Waals surface area contributed by atoms with Crippen LogP contribution in [0.3, 0.4) is 0 Å². The van der Waals surface area contributed by atoms with Crippen LogP contribution in [-0.4, -0.2) is 6.29 Å². The second kappa shape index (κ2) is 7.57. The minimum atomic E-state index is 0. The van der Waals surface area contributed by atoms with Crippen LogP contribution in [0, 0.1) is 0 Å². The standard InChI is InChI=1S/C6H5O.C5H4Cl.Fe/c7-5-6-3-1-2-4-6;6-5-3-1-2-4-5;/h1-5H;1-4H;/q2*-1;+2. The molecular weight excluding hydrogens is 239 g/mol. The molecule has 14 heavy (non-hydrogen) atoms. The molecule has 0 saturated carbocycles. The number of aldehydes is 1. The molecule has 0 unspecified atom stereocenters. The first-order valence-electron chi connectivity index (χ1n) is 3.87. The zero-order valence-electron chi connectivity index (χ0n) is 7.34. The van der Waals surface area contributed by atoms with Crippen molar-refractivity contribution in [3.8, 4) is 0 Å². The van der Waals surface area contributed by atoms with Crippen molar-refractivity contribution in [3.63, 3.8) is 0 Å². The van der Waals surface area contributed by atoms with Crippen LogP contribution in [0.2, 0.25) is 5.02 Å². The van der Waals surface area contributed by atoms with E-state index >= 15 is 0 Å². The number of carbonyl (C=O) groups is 1. The molecule has 0 fully saturated rings. The number of rotatable bonds is 1. The van der Waals surface area contributed by atoms with Gasteiger partial charge in [0.05, 0.1) is 6.29 Å². The Hall–Kier alpha value is -0.821. The van der Waals surface area contributed by atoms with E-state index in [1.54, 1.807) is 12.1 Å². The van der Waals surface area contributed by atoms with E-state index in [0.717, 1.165) is 16.9 Å². The van der Waals surface area contributed by atoms with Crippen molar-refractivity contribution < 1.29 is 21.9 Å². The first-order chi connectivity index (χ1) is 6.33. The van der Waals surface area contributed by atoms with Gasteiger partial charge in [0.25, 0.3) is 0 Å². The molecule has 0 aliphatic rings. The Morgan fingerprint density at radius 1 is 0.929 bits per heavy atom. The minimum Gasteiger partial charge on any atom is -0.312 e. The average molecular weight is 248 g/mol. The van der Waals surface area contributed by atoms with Crippen LogP contribution in [0.1, 0.15) is 10.4 Å². The molecule has 0 amide bonds. The molecule has 2 aromatic rings. The second-order valence-electron chi connectivity index (χ2n) is 2.44. The van der Waals surface area contributed by atoms with Crippen molar-refractivity contribution in [2.45, 2.75) is 0 Å². The molecule has 0 N–H and O–H groups in total. The Morgan fingerprint density at radius 2 is 1.36 bits per heavy atom. The van der Waals surface area contributed by atoms with E-state index in [2.05, 4.69) is 0 Å². The topological polar surface area (TPSA) is 17.1 Å². The summed E-state index contributed by atoms with van der Waals surface area (Å²) in [5, 5.41) is 0.815. The van der Waals surface area contributed by atoms with Gasteiger partial charge in [-0.2, -0.15) is 35.9 Å². The molecule has 1 nitrogen and oxygen atoms in total. The van der Waals surface area contributed by atoms with Crippen LogP contribution in [-0.2, 0) is 17.1 Å². The molecule has 0 aromatic heterocycles. The SMILES string of the molecule is Cl[c-]1cccc1.O=C[c-]1cccc1.[Fe+2]. The molecule has 0 aliphatic carbocycles. The Morgan fingerprint density at radius 3 is 1.57 bits per heavy atom. The van der Waals surface area contributed by atoms with Crippen molar-refractivity contribution in [1.82, 2.24) is 0 Å². The monoisotopic (exact) mass is 248 g/mol. The summed E-state index contributed by atoms with van der Waals surface area (Å²) in [7, 11) is 0. The zero-order chi connectivity index (χ0) is 9.52. The Bertz CT molecular complexity index is 324. The first kappa shape index (κ1) is 13.2. The fourth-order valence-electron chi connectivity index (χ4n) is 0.818. The van der Waals surface area contributed by atoms with Crippen LogP contribution in [0.15, 0.2) is 48.5 Å². The van der Waals surface area contributed by atoms with Crippen LogP contribution in [0.25, 0.3) is 0 Å². The maximum atomic E-state index is 9.87. The molecule has 74 valence electrons. The molecular formula is C11H9ClFeO. The van der Waals surface area contributed by atoms with E-state index in [-0.39, 0.29) is 17.1 Å². The van der Waals surface area contributed by atoms with Gasteiger partial charge in [0, 0.05) is 0 Å². The molecule has 0 saturated heterocycles. The Kier molecular flexibility index (Phi) is 7.13. The fraction of sp³-hybridized carbons (Fsp3) is 0. The predicted molar refractivity (Wildman–Crippen MR) is 54.5 cm³/mol. The third kappa shape index (κ3) is 5.03. The third-order valence-electron chi connectivity index (χ3n) is 1.45. The summed E-state index contributed by atoms with van der Waals surface area (Å²) in [6.45, 7) is 0. The summed E-state index contributed by atoms with van der Waals surface area (Å²) in [5.74, 6) is 0. The van der Waals surface area contributed by atoms with Crippen molar-refractivity contribution >= 4 is 17.9 Å². The summed E-state index contributed by atoms with van der Waals surface area (Å²) in [6.07, 6.45) is 0.833. The molecule has 3 heteroatoms. The van der Waals surface area contributed by atoms with Crippen molar-refractivity contribution in [2.24, 2.45) is 0 Å². The maximum Gasteiger partial charge on any atom is 2.00 e. The minimum absolute atomic E-state index is 0. The number of halogens is 1. The van der Waals surface area contributed by atoms with Crippen LogP contribution < -0.4 is 0 Å². The van der Waals surface area contributed by atoms with Crippen molar-refractivity contribution in [1.29, 1.82) is 0 Å². The van der Waals surface area contributed by atoms with Gasteiger partial charge in [-0.25, -0.2) is 24.3 Å². The first-order valence-corrected chi connectivity index (χ1v) is 4.25. The van der Waals surface area contributed by atoms with Gasteiger partial charge in [0.15, 0.2) is 0 Å². The van der Waals surface area contributed by atoms with E-state index in [9.17, 15) is 4.79 Å². The second-order valence-corrected chi connectivity index (χ2v) is 2.88. The van der Waals surface area contributed by atoms with Crippen molar-refractivity contribution in [2.75, 3.05) is 0 Å². The largest absolute Gasteiger partial charge is 2.00 e. The quantitative estimate of drug-likeness (QED) is 0.430. The fourth-order valence-corrected chi connectivity index (χ4v) is 0.963. The van der Waals surface area contributed by atoms with Gasteiger partial charge in [-0.3, -0.25) is 0 Å². The molecule has 0 radical (unpaired) electrons. The molecule has 2 rings (SSSR count).